The highest BCUT2D eigenvalue weighted by Gasteiger charge is 2.20. The van der Waals surface area contributed by atoms with Crippen LogP contribution in [0.3, 0.4) is 0 Å². The van der Waals surface area contributed by atoms with E-state index in [1.165, 1.54) is 62.8 Å². The molecule has 0 radical (unpaired) electrons. The molecule has 1 saturated carbocycles. The molecule has 1 aromatic carbocycles. The Balaban J connectivity index is 1.52. The minimum atomic E-state index is -1.05. The van der Waals surface area contributed by atoms with E-state index in [1.54, 1.807) is 0 Å². The third-order valence-electron chi connectivity index (χ3n) is 5.59. The molecule has 3 rings (SSSR count). The zero-order valence-corrected chi connectivity index (χ0v) is 15.0. The van der Waals surface area contributed by atoms with Crippen LogP contribution in [0.1, 0.15) is 57.4 Å². The molecule has 25 heavy (non-hydrogen) atoms. The third-order valence-corrected chi connectivity index (χ3v) is 5.59. The van der Waals surface area contributed by atoms with Crippen LogP contribution in [0.15, 0.2) is 36.5 Å². The molecule has 1 aliphatic rings. The van der Waals surface area contributed by atoms with Gasteiger partial charge in [-0.2, -0.15) is 4.39 Å². The molecule has 3 heteroatoms. The second kappa shape index (κ2) is 8.55. The summed E-state index contributed by atoms with van der Waals surface area (Å²) in [6, 6.07) is 9.34. The quantitative estimate of drug-likeness (QED) is 0.541. The number of aryl methyl sites for hydroxylation is 1. The predicted molar refractivity (Wildman–Crippen MR) is 98.3 cm³/mol. The summed E-state index contributed by atoms with van der Waals surface area (Å²) in [7, 11) is 0. The van der Waals surface area contributed by atoms with Crippen molar-refractivity contribution >= 4 is 0 Å². The topological polar surface area (TPSA) is 12.9 Å². The van der Waals surface area contributed by atoms with Crippen molar-refractivity contribution in [2.24, 2.45) is 11.8 Å². The van der Waals surface area contributed by atoms with Crippen LogP contribution in [-0.4, -0.2) is 4.98 Å². The molecule has 1 heterocycles. The van der Waals surface area contributed by atoms with Crippen molar-refractivity contribution in [1.29, 1.82) is 0 Å². The summed E-state index contributed by atoms with van der Waals surface area (Å²) in [5.74, 6) is -0.122. The summed E-state index contributed by atoms with van der Waals surface area (Å²) in [5, 5.41) is 0. The Morgan fingerprint density at radius 1 is 0.920 bits per heavy atom. The Labute approximate surface area is 149 Å². The number of nitrogens with zero attached hydrogens (tertiary/aromatic N) is 1. The Bertz CT molecular complexity index is 673. The lowest BCUT2D eigenvalue weighted by atomic mass is 9.78. The fourth-order valence-electron chi connectivity index (χ4n) is 4.03. The van der Waals surface area contributed by atoms with Gasteiger partial charge in [0.1, 0.15) is 0 Å². The number of aromatic nitrogens is 1. The normalized spacial score (nSPS) is 20.6. The molecule has 0 bridgehead atoms. The minimum absolute atomic E-state index is 0.611. The second-order valence-corrected chi connectivity index (χ2v) is 7.41. The average Bonchev–Trinajstić information content (AvgIpc) is 2.64. The van der Waals surface area contributed by atoms with Gasteiger partial charge in [-0.25, -0.2) is 9.37 Å². The van der Waals surface area contributed by atoms with Crippen LogP contribution in [-0.2, 0) is 6.42 Å². The lowest BCUT2D eigenvalue weighted by molar-refractivity contribution is 0.252. The maximum absolute atomic E-state index is 13.3. The highest BCUT2D eigenvalue weighted by Crippen LogP contribution is 2.34. The summed E-state index contributed by atoms with van der Waals surface area (Å²) in [4.78, 5) is 3.45. The molecule has 1 fully saturated rings. The van der Waals surface area contributed by atoms with Gasteiger partial charge >= 0.3 is 0 Å². The van der Waals surface area contributed by atoms with Gasteiger partial charge in [0, 0.05) is 11.8 Å². The van der Waals surface area contributed by atoms with E-state index in [-0.39, 0.29) is 0 Å². The van der Waals surface area contributed by atoms with E-state index < -0.39 is 11.8 Å². The van der Waals surface area contributed by atoms with Crippen LogP contribution in [0, 0.1) is 23.6 Å². The number of pyridine rings is 1. The fourth-order valence-corrected chi connectivity index (χ4v) is 4.03. The SMILES string of the molecule is CCCC1CCC(CCc2ccc(-c3cnc(F)c(F)c3)cc2)CC1. The summed E-state index contributed by atoms with van der Waals surface area (Å²) in [6.07, 6.45) is 12.0. The van der Waals surface area contributed by atoms with Gasteiger partial charge in [0.25, 0.3) is 0 Å². The average molecular weight is 343 g/mol. The van der Waals surface area contributed by atoms with E-state index in [2.05, 4.69) is 24.0 Å². The van der Waals surface area contributed by atoms with Gasteiger partial charge < -0.3 is 0 Å². The Kier molecular flexibility index (Phi) is 6.17. The van der Waals surface area contributed by atoms with Crippen LogP contribution < -0.4 is 0 Å². The van der Waals surface area contributed by atoms with Crippen molar-refractivity contribution in [2.45, 2.75) is 58.3 Å². The second-order valence-electron chi connectivity index (χ2n) is 7.41. The molecule has 1 nitrogen and oxygen atoms in total. The first-order valence-electron chi connectivity index (χ1n) is 9.56. The van der Waals surface area contributed by atoms with Crippen LogP contribution in [0.5, 0.6) is 0 Å². The highest BCUT2D eigenvalue weighted by atomic mass is 19.2. The molecule has 0 aliphatic heterocycles. The summed E-state index contributed by atoms with van der Waals surface area (Å²) in [6.45, 7) is 2.28. The molecular weight excluding hydrogens is 316 g/mol. The number of halogens is 2. The zero-order valence-electron chi connectivity index (χ0n) is 15.0. The van der Waals surface area contributed by atoms with Gasteiger partial charge in [-0.3, -0.25) is 0 Å². The van der Waals surface area contributed by atoms with Gasteiger partial charge in [0.2, 0.25) is 5.95 Å². The van der Waals surface area contributed by atoms with Gasteiger partial charge in [-0.1, -0.05) is 69.7 Å². The molecule has 0 spiro atoms. The van der Waals surface area contributed by atoms with Gasteiger partial charge in [0.05, 0.1) is 0 Å². The van der Waals surface area contributed by atoms with Gasteiger partial charge in [-0.15, -0.1) is 0 Å². The van der Waals surface area contributed by atoms with Crippen LogP contribution >= 0.6 is 0 Å². The van der Waals surface area contributed by atoms with Crippen molar-refractivity contribution in [1.82, 2.24) is 4.98 Å². The molecule has 0 amide bonds. The van der Waals surface area contributed by atoms with Gasteiger partial charge in [0.15, 0.2) is 5.82 Å². The van der Waals surface area contributed by atoms with Crippen LogP contribution in [0.4, 0.5) is 8.78 Å². The van der Waals surface area contributed by atoms with E-state index in [0.717, 1.165) is 23.8 Å². The van der Waals surface area contributed by atoms with E-state index in [1.807, 2.05) is 12.1 Å². The standard InChI is InChI=1S/C22H27F2N/c1-2-3-16-4-6-17(7-5-16)8-9-18-10-12-19(13-11-18)20-14-21(23)22(24)25-15-20/h10-17H,2-9H2,1H3. The smallest absolute Gasteiger partial charge is 0.225 e. The molecule has 0 atom stereocenters. The van der Waals surface area contributed by atoms with Crippen LogP contribution in [0.2, 0.25) is 0 Å². The van der Waals surface area contributed by atoms with E-state index in [0.29, 0.717) is 5.56 Å². The molecule has 1 aliphatic carbocycles. The number of rotatable bonds is 6. The first-order valence-corrected chi connectivity index (χ1v) is 9.56. The number of benzene rings is 1. The van der Waals surface area contributed by atoms with Gasteiger partial charge in [-0.05, 0) is 41.9 Å². The van der Waals surface area contributed by atoms with Crippen molar-refractivity contribution in [3.63, 3.8) is 0 Å². The molecular formula is C22H27F2N. The highest BCUT2D eigenvalue weighted by molar-refractivity contribution is 5.62. The van der Waals surface area contributed by atoms with Crippen molar-refractivity contribution in [3.8, 4) is 11.1 Å². The zero-order chi connectivity index (χ0) is 17.6. The molecule has 0 N–H and O–H groups in total. The number of hydrogen-bond donors (Lipinski definition) is 0. The maximum atomic E-state index is 13.3. The van der Waals surface area contributed by atoms with E-state index in [9.17, 15) is 8.78 Å². The van der Waals surface area contributed by atoms with Crippen molar-refractivity contribution in [3.05, 3.63) is 53.9 Å². The molecule has 0 saturated heterocycles. The lowest BCUT2D eigenvalue weighted by Gasteiger charge is -2.28. The summed E-state index contributed by atoms with van der Waals surface area (Å²) in [5.41, 5.74) is 2.80. The third kappa shape index (κ3) is 4.87. The summed E-state index contributed by atoms with van der Waals surface area (Å²) < 4.78 is 26.2. The summed E-state index contributed by atoms with van der Waals surface area (Å²) >= 11 is 0. The lowest BCUT2D eigenvalue weighted by Crippen LogP contribution is -2.15. The Hall–Kier alpha value is -1.77. The monoisotopic (exact) mass is 343 g/mol. The van der Waals surface area contributed by atoms with Crippen molar-refractivity contribution in [2.75, 3.05) is 0 Å². The minimum Gasteiger partial charge on any atom is -0.225 e. The Morgan fingerprint density at radius 2 is 1.56 bits per heavy atom. The molecule has 2 aromatic rings. The fraction of sp³-hybridized carbons (Fsp3) is 0.500. The predicted octanol–water partition coefficient (Wildman–Crippen LogP) is 6.57. The number of hydrogen-bond acceptors (Lipinski definition) is 1. The molecule has 0 unspecified atom stereocenters. The molecule has 1 aromatic heterocycles. The largest absolute Gasteiger partial charge is 0.248 e. The first-order chi connectivity index (χ1) is 12.2. The maximum Gasteiger partial charge on any atom is 0.248 e. The van der Waals surface area contributed by atoms with E-state index in [4.69, 9.17) is 0 Å². The van der Waals surface area contributed by atoms with E-state index >= 15 is 0 Å². The van der Waals surface area contributed by atoms with Crippen molar-refractivity contribution < 1.29 is 8.78 Å². The van der Waals surface area contributed by atoms with Crippen LogP contribution in [0.25, 0.3) is 11.1 Å². The molecule has 134 valence electrons. The first kappa shape index (κ1) is 18.0. The Morgan fingerprint density at radius 3 is 2.16 bits per heavy atom.